The standard InChI is InChI=1S/C22H22N4O3S/c1-14-20-15(13-16(19-9-6-12-30-19)24-21(20)26(2)25-14)22(27)23-10-11-29-18-8-5-4-7-17(18)28-3/h4-9,12-13H,10-11H2,1-3H3,(H,23,27). The number of aromatic nitrogens is 3. The summed E-state index contributed by atoms with van der Waals surface area (Å²) < 4.78 is 12.7. The van der Waals surface area contributed by atoms with Crippen LogP contribution in [0.3, 0.4) is 0 Å². The number of carbonyl (C=O) groups is 1. The maximum Gasteiger partial charge on any atom is 0.252 e. The third-order valence-electron chi connectivity index (χ3n) is 4.70. The quantitative estimate of drug-likeness (QED) is 0.458. The van der Waals surface area contributed by atoms with Crippen molar-refractivity contribution in [3.63, 3.8) is 0 Å². The molecule has 1 amide bonds. The molecule has 0 aliphatic heterocycles. The highest BCUT2D eigenvalue weighted by atomic mass is 32.1. The zero-order valence-electron chi connectivity index (χ0n) is 17.0. The molecule has 3 aromatic heterocycles. The molecule has 0 unspecified atom stereocenters. The molecule has 1 aromatic carbocycles. The second kappa shape index (κ2) is 8.54. The average molecular weight is 423 g/mol. The van der Waals surface area contributed by atoms with Gasteiger partial charge in [-0.15, -0.1) is 11.3 Å². The summed E-state index contributed by atoms with van der Waals surface area (Å²) in [4.78, 5) is 18.8. The average Bonchev–Trinajstić information content (AvgIpc) is 3.39. The maximum absolute atomic E-state index is 13.0. The van der Waals surface area contributed by atoms with Crippen LogP contribution < -0.4 is 14.8 Å². The number of nitrogens with zero attached hydrogens (tertiary/aromatic N) is 3. The molecule has 0 atom stereocenters. The normalized spacial score (nSPS) is 10.9. The largest absolute Gasteiger partial charge is 0.493 e. The Kier molecular flexibility index (Phi) is 5.67. The van der Waals surface area contributed by atoms with E-state index in [0.29, 0.717) is 35.9 Å². The number of benzene rings is 1. The predicted molar refractivity (Wildman–Crippen MR) is 117 cm³/mol. The van der Waals surface area contributed by atoms with Gasteiger partial charge in [-0.3, -0.25) is 9.48 Å². The van der Waals surface area contributed by atoms with Crippen molar-refractivity contribution >= 4 is 28.3 Å². The zero-order chi connectivity index (χ0) is 21.1. The van der Waals surface area contributed by atoms with E-state index in [4.69, 9.17) is 14.5 Å². The monoisotopic (exact) mass is 422 g/mol. The summed E-state index contributed by atoms with van der Waals surface area (Å²) in [6.07, 6.45) is 0. The lowest BCUT2D eigenvalue weighted by Gasteiger charge is -2.11. The van der Waals surface area contributed by atoms with Gasteiger partial charge in [0.2, 0.25) is 0 Å². The summed E-state index contributed by atoms with van der Waals surface area (Å²) in [7, 11) is 3.43. The second-order valence-corrected chi connectivity index (χ2v) is 7.64. The molecule has 0 aliphatic rings. The minimum atomic E-state index is -0.181. The number of rotatable bonds is 7. The van der Waals surface area contributed by atoms with Crippen molar-refractivity contribution in [2.24, 2.45) is 7.05 Å². The number of methoxy groups -OCH3 is 1. The fraction of sp³-hybridized carbons (Fsp3) is 0.227. The number of hydrogen-bond acceptors (Lipinski definition) is 6. The van der Waals surface area contributed by atoms with Gasteiger partial charge < -0.3 is 14.8 Å². The van der Waals surface area contributed by atoms with Crippen LogP contribution in [0.25, 0.3) is 21.6 Å². The molecular formula is C22H22N4O3S. The van der Waals surface area contributed by atoms with Crippen LogP contribution >= 0.6 is 11.3 Å². The van der Waals surface area contributed by atoms with Gasteiger partial charge in [0.05, 0.1) is 40.9 Å². The SMILES string of the molecule is COc1ccccc1OCCNC(=O)c1cc(-c2cccs2)nc2c1c(C)nn2C. The van der Waals surface area contributed by atoms with Crippen molar-refractivity contribution < 1.29 is 14.3 Å². The number of hydrogen-bond donors (Lipinski definition) is 1. The van der Waals surface area contributed by atoms with Gasteiger partial charge in [-0.2, -0.15) is 5.10 Å². The summed E-state index contributed by atoms with van der Waals surface area (Å²) >= 11 is 1.58. The number of thiophene rings is 1. The van der Waals surface area contributed by atoms with Crippen LogP contribution in [0.5, 0.6) is 11.5 Å². The van der Waals surface area contributed by atoms with Crippen LogP contribution in [0, 0.1) is 6.92 Å². The number of amides is 1. The third kappa shape index (κ3) is 3.86. The number of pyridine rings is 1. The van der Waals surface area contributed by atoms with Gasteiger partial charge >= 0.3 is 0 Å². The highest BCUT2D eigenvalue weighted by molar-refractivity contribution is 7.13. The first-order valence-corrected chi connectivity index (χ1v) is 10.4. The summed E-state index contributed by atoms with van der Waals surface area (Å²) in [5, 5.41) is 10.1. The Morgan fingerprint density at radius 2 is 2.00 bits per heavy atom. The lowest BCUT2D eigenvalue weighted by Crippen LogP contribution is -2.28. The Balaban J connectivity index is 1.54. The Morgan fingerprint density at radius 3 is 2.73 bits per heavy atom. The zero-order valence-corrected chi connectivity index (χ0v) is 17.8. The fourth-order valence-corrected chi connectivity index (χ4v) is 4.02. The Bertz CT molecular complexity index is 1180. The highest BCUT2D eigenvalue weighted by Crippen LogP contribution is 2.29. The Hall–Kier alpha value is -3.39. The van der Waals surface area contributed by atoms with Crippen molar-refractivity contribution in [3.8, 4) is 22.1 Å². The van der Waals surface area contributed by atoms with E-state index in [1.54, 1.807) is 23.1 Å². The van der Waals surface area contributed by atoms with E-state index in [2.05, 4.69) is 10.4 Å². The van der Waals surface area contributed by atoms with E-state index in [9.17, 15) is 4.79 Å². The van der Waals surface area contributed by atoms with Crippen LogP contribution in [0.15, 0.2) is 47.8 Å². The summed E-state index contributed by atoms with van der Waals surface area (Å²) in [6.45, 7) is 2.56. The van der Waals surface area contributed by atoms with Crippen LogP contribution in [0.2, 0.25) is 0 Å². The molecule has 30 heavy (non-hydrogen) atoms. The minimum absolute atomic E-state index is 0.181. The molecule has 7 nitrogen and oxygen atoms in total. The predicted octanol–water partition coefficient (Wildman–Crippen LogP) is 3.82. The van der Waals surface area contributed by atoms with Gasteiger partial charge in [0.1, 0.15) is 6.61 Å². The van der Waals surface area contributed by atoms with Gasteiger partial charge in [0.15, 0.2) is 17.1 Å². The lowest BCUT2D eigenvalue weighted by atomic mass is 10.1. The number of nitrogens with one attached hydrogen (secondary N) is 1. The van der Waals surface area contributed by atoms with E-state index in [0.717, 1.165) is 21.7 Å². The van der Waals surface area contributed by atoms with Crippen LogP contribution in [0.1, 0.15) is 16.1 Å². The van der Waals surface area contributed by atoms with Crippen LogP contribution in [-0.2, 0) is 7.05 Å². The number of carbonyl (C=O) groups excluding carboxylic acids is 1. The molecule has 0 radical (unpaired) electrons. The maximum atomic E-state index is 13.0. The van der Waals surface area contributed by atoms with Crippen LogP contribution in [0.4, 0.5) is 0 Å². The van der Waals surface area contributed by atoms with Crippen molar-refractivity contribution in [3.05, 3.63) is 59.1 Å². The van der Waals surface area contributed by atoms with Gasteiger partial charge in [-0.25, -0.2) is 4.98 Å². The molecule has 0 aliphatic carbocycles. The van der Waals surface area contributed by atoms with Crippen molar-refractivity contribution in [2.45, 2.75) is 6.92 Å². The smallest absolute Gasteiger partial charge is 0.252 e. The number of fused-ring (bicyclic) bond motifs is 1. The van der Waals surface area contributed by atoms with Gasteiger partial charge in [-0.05, 0) is 36.6 Å². The Morgan fingerprint density at radius 1 is 1.20 bits per heavy atom. The van der Waals surface area contributed by atoms with Crippen molar-refractivity contribution in [1.82, 2.24) is 20.1 Å². The van der Waals surface area contributed by atoms with Crippen molar-refractivity contribution in [1.29, 1.82) is 0 Å². The molecule has 4 rings (SSSR count). The summed E-state index contributed by atoms with van der Waals surface area (Å²) in [5.41, 5.74) is 2.78. The van der Waals surface area contributed by atoms with E-state index < -0.39 is 0 Å². The van der Waals surface area contributed by atoms with E-state index in [-0.39, 0.29) is 5.91 Å². The first kappa shape index (κ1) is 19.9. The molecule has 0 bridgehead atoms. The van der Waals surface area contributed by atoms with Crippen molar-refractivity contribution in [2.75, 3.05) is 20.3 Å². The molecule has 3 heterocycles. The number of para-hydroxylation sites is 2. The molecule has 0 saturated carbocycles. The first-order chi connectivity index (χ1) is 14.6. The van der Waals surface area contributed by atoms with Gasteiger partial charge in [0.25, 0.3) is 5.91 Å². The van der Waals surface area contributed by atoms with E-state index in [1.807, 2.05) is 61.8 Å². The van der Waals surface area contributed by atoms with E-state index in [1.165, 1.54) is 0 Å². The molecule has 1 N–H and O–H groups in total. The summed E-state index contributed by atoms with van der Waals surface area (Å²) in [5.74, 6) is 1.12. The van der Waals surface area contributed by atoms with E-state index >= 15 is 0 Å². The number of ether oxygens (including phenoxy) is 2. The van der Waals surface area contributed by atoms with Gasteiger partial charge in [0, 0.05) is 7.05 Å². The molecule has 8 heteroatoms. The number of aryl methyl sites for hydroxylation is 2. The third-order valence-corrected chi connectivity index (χ3v) is 5.59. The molecule has 0 fully saturated rings. The first-order valence-electron chi connectivity index (χ1n) is 9.50. The molecule has 0 saturated heterocycles. The Labute approximate surface area is 178 Å². The fourth-order valence-electron chi connectivity index (χ4n) is 3.33. The minimum Gasteiger partial charge on any atom is -0.493 e. The molecule has 0 spiro atoms. The molecule has 154 valence electrons. The lowest BCUT2D eigenvalue weighted by molar-refractivity contribution is 0.0948. The topological polar surface area (TPSA) is 78.3 Å². The summed E-state index contributed by atoms with van der Waals surface area (Å²) in [6, 6.07) is 13.2. The molecular weight excluding hydrogens is 400 g/mol. The van der Waals surface area contributed by atoms with Crippen LogP contribution in [-0.4, -0.2) is 40.9 Å². The second-order valence-electron chi connectivity index (χ2n) is 6.70. The molecule has 4 aromatic rings. The van der Waals surface area contributed by atoms with Gasteiger partial charge in [-0.1, -0.05) is 18.2 Å². The highest BCUT2D eigenvalue weighted by Gasteiger charge is 2.19.